The summed E-state index contributed by atoms with van der Waals surface area (Å²) in [5, 5.41) is 12.0. The quantitative estimate of drug-likeness (QED) is 0.269. The number of aliphatic hydroxyl groups is 1. The van der Waals surface area contributed by atoms with E-state index in [1.165, 1.54) is 12.8 Å². The van der Waals surface area contributed by atoms with E-state index in [2.05, 4.69) is 4.98 Å². The van der Waals surface area contributed by atoms with Gasteiger partial charge in [-0.05, 0) is 29.2 Å². The highest BCUT2D eigenvalue weighted by Crippen LogP contribution is 2.41. The number of para-hydroxylation sites is 1. The molecule has 0 spiro atoms. The summed E-state index contributed by atoms with van der Waals surface area (Å²) in [5.74, 6) is 3.38. The topological polar surface area (TPSA) is 55.5 Å². The van der Waals surface area contributed by atoms with Crippen molar-refractivity contribution in [2.75, 3.05) is 26.2 Å². The number of rotatable bonds is 8. The lowest BCUT2D eigenvalue weighted by Crippen LogP contribution is -2.62. The van der Waals surface area contributed by atoms with Crippen molar-refractivity contribution < 1.29 is 18.7 Å². The molecule has 3 aliphatic rings. The zero-order valence-corrected chi connectivity index (χ0v) is 22.6. The SMILES string of the molecule is Br.OC(c1ccccc1)(c1ccccc1)c1ncc(C[N+]23CCC(CC2)C(COc2ccccc2)C3)o1. The predicted octanol–water partition coefficient (Wildman–Crippen LogP) is 5.97. The van der Waals surface area contributed by atoms with Crippen molar-refractivity contribution in [2.24, 2.45) is 11.8 Å². The van der Waals surface area contributed by atoms with Gasteiger partial charge in [0.15, 0.2) is 11.4 Å². The van der Waals surface area contributed by atoms with Crippen molar-refractivity contribution in [1.29, 1.82) is 0 Å². The molecule has 1 atom stereocenters. The third-order valence-electron chi connectivity index (χ3n) is 8.18. The molecule has 1 unspecified atom stereocenters. The second-order valence-corrected chi connectivity index (χ2v) is 10.4. The van der Waals surface area contributed by atoms with E-state index in [0.717, 1.165) is 65.8 Å². The lowest BCUT2D eigenvalue weighted by Gasteiger charge is -2.52. The van der Waals surface area contributed by atoms with Gasteiger partial charge < -0.3 is 18.7 Å². The van der Waals surface area contributed by atoms with Crippen LogP contribution in [-0.4, -0.2) is 40.8 Å². The van der Waals surface area contributed by atoms with Gasteiger partial charge >= 0.3 is 0 Å². The first-order valence-corrected chi connectivity index (χ1v) is 13.0. The van der Waals surface area contributed by atoms with Crippen LogP contribution in [-0.2, 0) is 12.1 Å². The Labute approximate surface area is 229 Å². The highest BCUT2D eigenvalue weighted by molar-refractivity contribution is 8.93. The predicted molar refractivity (Wildman–Crippen MR) is 149 cm³/mol. The van der Waals surface area contributed by atoms with Crippen LogP contribution in [0.25, 0.3) is 0 Å². The average Bonchev–Trinajstić information content (AvgIpc) is 3.42. The second-order valence-electron chi connectivity index (χ2n) is 10.4. The monoisotopic (exact) mass is 561 g/mol. The van der Waals surface area contributed by atoms with E-state index in [9.17, 15) is 5.11 Å². The normalized spacial score (nSPS) is 22.8. The molecule has 1 N–H and O–H groups in total. The van der Waals surface area contributed by atoms with E-state index >= 15 is 0 Å². The maximum atomic E-state index is 12.0. The Balaban J connectivity index is 0.00000280. The van der Waals surface area contributed by atoms with Crippen LogP contribution in [0.1, 0.15) is 35.6 Å². The summed E-state index contributed by atoms with van der Waals surface area (Å²) in [6.45, 7) is 4.96. The molecular formula is C31H34BrN2O3+. The van der Waals surface area contributed by atoms with Gasteiger partial charge in [-0.3, -0.25) is 0 Å². The molecule has 0 radical (unpaired) electrons. The van der Waals surface area contributed by atoms with Crippen molar-refractivity contribution in [3.8, 4) is 5.75 Å². The van der Waals surface area contributed by atoms with Crippen molar-refractivity contribution in [2.45, 2.75) is 25.0 Å². The highest BCUT2D eigenvalue weighted by Gasteiger charge is 2.47. The number of piperidine rings is 3. The molecule has 3 aromatic carbocycles. The summed E-state index contributed by atoms with van der Waals surface area (Å²) in [4.78, 5) is 4.63. The molecule has 6 heteroatoms. The maximum Gasteiger partial charge on any atom is 0.236 e. The number of aromatic nitrogens is 1. The highest BCUT2D eigenvalue weighted by atomic mass is 79.9. The van der Waals surface area contributed by atoms with Crippen LogP contribution in [0.15, 0.2) is 102 Å². The van der Waals surface area contributed by atoms with Gasteiger partial charge in [0, 0.05) is 18.8 Å². The van der Waals surface area contributed by atoms with E-state index in [1.807, 2.05) is 97.2 Å². The molecule has 0 aliphatic carbocycles. The molecule has 1 aromatic heterocycles. The van der Waals surface area contributed by atoms with Crippen molar-refractivity contribution in [1.82, 2.24) is 4.98 Å². The number of benzene rings is 3. The van der Waals surface area contributed by atoms with E-state index in [-0.39, 0.29) is 17.0 Å². The van der Waals surface area contributed by atoms with Gasteiger partial charge in [0.25, 0.3) is 0 Å². The number of fused-ring (bicyclic) bond motifs is 3. The van der Waals surface area contributed by atoms with Crippen LogP contribution in [0.2, 0.25) is 0 Å². The first-order valence-electron chi connectivity index (χ1n) is 13.0. The maximum absolute atomic E-state index is 12.0. The molecule has 0 saturated carbocycles. The Morgan fingerprint density at radius 3 is 2.03 bits per heavy atom. The summed E-state index contributed by atoms with van der Waals surface area (Å²) in [7, 11) is 0. The number of halogens is 1. The Hall–Kier alpha value is -2.93. The molecule has 0 amide bonds. The molecule has 192 valence electrons. The molecule has 37 heavy (non-hydrogen) atoms. The number of quaternary nitrogens is 1. The Morgan fingerprint density at radius 1 is 0.865 bits per heavy atom. The van der Waals surface area contributed by atoms with Crippen LogP contribution in [0, 0.1) is 11.8 Å². The molecule has 4 aromatic rings. The molecule has 3 aliphatic heterocycles. The summed E-state index contributed by atoms with van der Waals surface area (Å²) < 4.78 is 13.5. The smallest absolute Gasteiger partial charge is 0.236 e. The van der Waals surface area contributed by atoms with Crippen molar-refractivity contribution in [3.63, 3.8) is 0 Å². The van der Waals surface area contributed by atoms with Gasteiger partial charge in [-0.25, -0.2) is 4.98 Å². The zero-order valence-electron chi connectivity index (χ0n) is 20.9. The zero-order chi connectivity index (χ0) is 24.4. The van der Waals surface area contributed by atoms with Crippen molar-refractivity contribution >= 4 is 17.0 Å². The van der Waals surface area contributed by atoms with Crippen LogP contribution in [0.4, 0.5) is 0 Å². The fourth-order valence-corrected chi connectivity index (χ4v) is 6.22. The lowest BCUT2D eigenvalue weighted by atomic mass is 9.77. The standard InChI is InChI=1S/C31H33N2O3.BrH/c34-31(26-10-4-1-5-11-26,27-12-6-2-7-13-27)30-32-20-29(36-30)22-33-18-16-24(17-19-33)25(21-33)23-35-28-14-8-3-9-15-28;/h1-15,20,24-25,34H,16-19,21-23H2;1H/q+1;. The first-order chi connectivity index (χ1) is 17.6. The number of hydrogen-bond donors (Lipinski definition) is 1. The summed E-state index contributed by atoms with van der Waals surface area (Å²) in [6, 6.07) is 29.4. The minimum absolute atomic E-state index is 0. The Bertz CT molecular complexity index is 1230. The molecule has 2 bridgehead atoms. The summed E-state index contributed by atoms with van der Waals surface area (Å²) >= 11 is 0. The number of ether oxygens (including phenoxy) is 1. The Morgan fingerprint density at radius 2 is 1.43 bits per heavy atom. The van der Waals surface area contributed by atoms with E-state index in [1.54, 1.807) is 0 Å². The van der Waals surface area contributed by atoms with Crippen LogP contribution in [0.5, 0.6) is 5.75 Å². The lowest BCUT2D eigenvalue weighted by molar-refractivity contribution is -0.960. The van der Waals surface area contributed by atoms with Crippen LogP contribution >= 0.6 is 17.0 Å². The summed E-state index contributed by atoms with van der Waals surface area (Å²) in [5.41, 5.74) is 0.0453. The third-order valence-corrected chi connectivity index (χ3v) is 8.18. The van der Waals surface area contributed by atoms with Crippen molar-refractivity contribution in [3.05, 3.63) is 120 Å². The van der Waals surface area contributed by atoms with Gasteiger partial charge in [0.05, 0.1) is 32.4 Å². The van der Waals surface area contributed by atoms with Gasteiger partial charge in [-0.15, -0.1) is 17.0 Å². The second kappa shape index (κ2) is 10.8. The fraction of sp³-hybridized carbons (Fsp3) is 0.323. The molecule has 7 rings (SSSR count). The number of oxazole rings is 1. The minimum Gasteiger partial charge on any atom is -0.493 e. The van der Waals surface area contributed by atoms with Crippen LogP contribution < -0.4 is 4.74 Å². The molecular weight excluding hydrogens is 528 g/mol. The van der Waals surface area contributed by atoms with Crippen LogP contribution in [0.3, 0.4) is 0 Å². The fourth-order valence-electron chi connectivity index (χ4n) is 6.22. The van der Waals surface area contributed by atoms with Gasteiger partial charge in [0.2, 0.25) is 5.89 Å². The molecule has 4 heterocycles. The molecule has 3 saturated heterocycles. The van der Waals surface area contributed by atoms with Gasteiger partial charge in [-0.2, -0.15) is 0 Å². The largest absolute Gasteiger partial charge is 0.493 e. The number of hydrogen-bond acceptors (Lipinski definition) is 4. The minimum atomic E-state index is -1.44. The van der Waals surface area contributed by atoms with E-state index in [4.69, 9.17) is 9.15 Å². The third kappa shape index (κ3) is 5.11. The Kier molecular flexibility index (Phi) is 7.52. The number of nitrogens with zero attached hydrogens (tertiary/aromatic N) is 2. The first kappa shape index (κ1) is 25.7. The van der Waals surface area contributed by atoms with E-state index in [0.29, 0.717) is 11.8 Å². The van der Waals surface area contributed by atoms with Gasteiger partial charge in [-0.1, -0.05) is 78.9 Å². The van der Waals surface area contributed by atoms with E-state index < -0.39 is 5.60 Å². The summed E-state index contributed by atoms with van der Waals surface area (Å²) in [6.07, 6.45) is 4.26. The molecule has 3 fully saturated rings. The average molecular weight is 563 g/mol. The van der Waals surface area contributed by atoms with Gasteiger partial charge in [0.1, 0.15) is 12.3 Å². The molecule has 5 nitrogen and oxygen atoms in total.